The van der Waals surface area contributed by atoms with Crippen molar-refractivity contribution < 1.29 is 27.2 Å². The van der Waals surface area contributed by atoms with Gasteiger partial charge in [0.15, 0.2) is 11.7 Å². The fourth-order valence-corrected chi connectivity index (χ4v) is 2.65. The summed E-state index contributed by atoms with van der Waals surface area (Å²) in [6.07, 6.45) is -3.94. The largest absolute Gasteiger partial charge is 0.487 e. The summed E-state index contributed by atoms with van der Waals surface area (Å²) in [5, 5.41) is 17.0. The van der Waals surface area contributed by atoms with Gasteiger partial charge in [-0.1, -0.05) is 23.2 Å². The van der Waals surface area contributed by atoms with Gasteiger partial charge in [-0.2, -0.15) is 8.78 Å². The predicted molar refractivity (Wildman–Crippen MR) is 106 cm³/mol. The Labute approximate surface area is 176 Å². The Balaban J connectivity index is 2.17. The summed E-state index contributed by atoms with van der Waals surface area (Å²) in [5.74, 6) is -4.84. The molecule has 0 aliphatic rings. The number of rotatable bonds is 7. The zero-order valence-corrected chi connectivity index (χ0v) is 16.4. The highest BCUT2D eigenvalue weighted by Crippen LogP contribution is 2.30. The molecule has 13 heteroatoms. The lowest BCUT2D eigenvalue weighted by Crippen LogP contribution is -2.33. The second kappa shape index (κ2) is 9.42. The van der Waals surface area contributed by atoms with E-state index >= 15 is 0 Å². The molecule has 0 heterocycles. The van der Waals surface area contributed by atoms with Crippen LogP contribution in [0.3, 0.4) is 0 Å². The minimum Gasteiger partial charge on any atom is -0.487 e. The van der Waals surface area contributed by atoms with Crippen molar-refractivity contribution in [1.29, 1.82) is 0 Å². The normalized spacial score (nSPS) is 11.3. The number of benzene rings is 2. The van der Waals surface area contributed by atoms with Gasteiger partial charge in [-0.25, -0.2) is 8.78 Å². The van der Waals surface area contributed by atoms with Crippen molar-refractivity contribution in [1.82, 2.24) is 0 Å². The molecule has 29 heavy (non-hydrogen) atoms. The number of alkyl halides is 4. The van der Waals surface area contributed by atoms with Crippen LogP contribution in [0.15, 0.2) is 36.4 Å². The number of halogens is 6. The van der Waals surface area contributed by atoms with E-state index in [-0.39, 0.29) is 15.8 Å². The highest BCUT2D eigenvalue weighted by molar-refractivity contribution is 7.80. The van der Waals surface area contributed by atoms with Crippen molar-refractivity contribution in [3.8, 4) is 5.75 Å². The Kier molecular flexibility index (Phi) is 7.44. The van der Waals surface area contributed by atoms with E-state index in [1.807, 2.05) is 0 Å². The molecule has 6 nitrogen and oxygen atoms in total. The SMILES string of the molecule is O=[N+]([O-])c1cc(NC(=S)Nc2ccc(Cl)cc2Cl)cc(OCC(F)(F)C(F)F)c1. The molecule has 0 fully saturated rings. The van der Waals surface area contributed by atoms with Gasteiger partial charge in [0.25, 0.3) is 5.69 Å². The van der Waals surface area contributed by atoms with Crippen LogP contribution in [0, 0.1) is 10.1 Å². The maximum absolute atomic E-state index is 13.0. The summed E-state index contributed by atoms with van der Waals surface area (Å²) in [5.41, 5.74) is -0.151. The molecule has 0 unspecified atom stereocenters. The standard InChI is InChI=1S/C16H11Cl2F4N3O3S/c17-8-1-2-13(12(18)3-8)24-15(29)23-9-4-10(25(26)27)6-11(5-9)28-7-16(21,22)14(19)20/h1-6,14H,7H2,(H2,23,24,29). The molecule has 2 aromatic carbocycles. The average Bonchev–Trinajstić information content (AvgIpc) is 2.62. The predicted octanol–water partition coefficient (Wildman–Crippen LogP) is 5.99. The number of ether oxygens (including phenoxy) is 1. The molecule has 0 amide bonds. The second-order valence-corrected chi connectivity index (χ2v) is 6.78. The molecule has 0 spiro atoms. The van der Waals surface area contributed by atoms with Gasteiger partial charge >= 0.3 is 12.3 Å². The van der Waals surface area contributed by atoms with Crippen molar-refractivity contribution in [3.05, 3.63) is 56.6 Å². The molecule has 0 aromatic heterocycles. The Morgan fingerprint density at radius 3 is 2.48 bits per heavy atom. The summed E-state index contributed by atoms with van der Waals surface area (Å²) in [6.45, 7) is -1.66. The van der Waals surface area contributed by atoms with E-state index in [2.05, 4.69) is 15.4 Å². The van der Waals surface area contributed by atoms with Crippen molar-refractivity contribution in [2.24, 2.45) is 0 Å². The third kappa shape index (κ3) is 6.58. The molecule has 0 aliphatic carbocycles. The maximum Gasteiger partial charge on any atom is 0.340 e. The van der Waals surface area contributed by atoms with Gasteiger partial charge in [0.05, 0.1) is 27.4 Å². The molecule has 156 valence electrons. The van der Waals surface area contributed by atoms with Crippen LogP contribution in [0.2, 0.25) is 10.0 Å². The van der Waals surface area contributed by atoms with Crippen LogP contribution in [-0.2, 0) is 0 Å². The third-order valence-electron chi connectivity index (χ3n) is 3.29. The van der Waals surface area contributed by atoms with Gasteiger partial charge in [-0.15, -0.1) is 0 Å². The fourth-order valence-electron chi connectivity index (χ4n) is 1.96. The number of hydrogen-bond acceptors (Lipinski definition) is 4. The van der Waals surface area contributed by atoms with Gasteiger partial charge < -0.3 is 15.4 Å². The lowest BCUT2D eigenvalue weighted by molar-refractivity contribution is -0.384. The molecular formula is C16H11Cl2F4N3O3S. The van der Waals surface area contributed by atoms with E-state index in [0.29, 0.717) is 10.7 Å². The number of nitrogens with one attached hydrogen (secondary N) is 2. The molecule has 0 atom stereocenters. The average molecular weight is 472 g/mol. The molecule has 0 aliphatic heterocycles. The molecule has 0 radical (unpaired) electrons. The van der Waals surface area contributed by atoms with E-state index in [1.54, 1.807) is 6.07 Å². The topological polar surface area (TPSA) is 76.4 Å². The number of nitro groups is 1. The molecule has 0 saturated heterocycles. The Hall–Kier alpha value is -2.37. The zero-order chi connectivity index (χ0) is 21.8. The van der Waals surface area contributed by atoms with Crippen molar-refractivity contribution in [3.63, 3.8) is 0 Å². The first kappa shape index (κ1) is 22.9. The summed E-state index contributed by atoms with van der Waals surface area (Å²) in [4.78, 5) is 10.2. The van der Waals surface area contributed by atoms with Crippen LogP contribution in [0.5, 0.6) is 5.75 Å². The Bertz CT molecular complexity index is 934. The zero-order valence-electron chi connectivity index (χ0n) is 14.1. The molecule has 2 N–H and O–H groups in total. The number of nitro benzene ring substituents is 1. The van der Waals surface area contributed by atoms with Crippen LogP contribution in [0.25, 0.3) is 0 Å². The van der Waals surface area contributed by atoms with Crippen molar-refractivity contribution >= 4 is 57.6 Å². The third-order valence-corrected chi connectivity index (χ3v) is 4.04. The lowest BCUT2D eigenvalue weighted by atomic mass is 10.2. The molecule has 2 aromatic rings. The van der Waals surface area contributed by atoms with Crippen LogP contribution in [0.4, 0.5) is 34.6 Å². The van der Waals surface area contributed by atoms with Gasteiger partial charge in [-0.05, 0) is 30.4 Å². The van der Waals surface area contributed by atoms with Crippen molar-refractivity contribution in [2.75, 3.05) is 17.2 Å². The quantitative estimate of drug-likeness (QED) is 0.223. The molecular weight excluding hydrogens is 461 g/mol. The van der Waals surface area contributed by atoms with Gasteiger partial charge in [0, 0.05) is 17.2 Å². The van der Waals surface area contributed by atoms with E-state index in [1.165, 1.54) is 12.1 Å². The number of hydrogen-bond donors (Lipinski definition) is 2. The van der Waals surface area contributed by atoms with Crippen LogP contribution < -0.4 is 15.4 Å². The lowest BCUT2D eigenvalue weighted by Gasteiger charge is -2.17. The molecule has 0 bridgehead atoms. The first-order valence-electron chi connectivity index (χ1n) is 7.59. The number of anilines is 2. The second-order valence-electron chi connectivity index (χ2n) is 5.53. The van der Waals surface area contributed by atoms with E-state index in [4.69, 9.17) is 35.4 Å². The maximum atomic E-state index is 13.0. The molecule has 0 saturated carbocycles. The molecule has 2 rings (SSSR count). The summed E-state index contributed by atoms with van der Waals surface area (Å²) < 4.78 is 55.2. The van der Waals surface area contributed by atoms with Gasteiger partial charge in [0.2, 0.25) is 0 Å². The fraction of sp³-hybridized carbons (Fsp3) is 0.188. The highest BCUT2D eigenvalue weighted by atomic mass is 35.5. The highest BCUT2D eigenvalue weighted by Gasteiger charge is 2.41. The summed E-state index contributed by atoms with van der Waals surface area (Å²) in [6, 6.07) is 7.49. The minimum absolute atomic E-state index is 0.00264. The Morgan fingerprint density at radius 2 is 1.90 bits per heavy atom. The van der Waals surface area contributed by atoms with E-state index < -0.39 is 35.3 Å². The smallest absolute Gasteiger partial charge is 0.340 e. The number of nitrogens with zero attached hydrogens (tertiary/aromatic N) is 1. The first-order valence-corrected chi connectivity index (χ1v) is 8.75. The summed E-state index contributed by atoms with van der Waals surface area (Å²) >= 11 is 16.9. The van der Waals surface area contributed by atoms with Crippen molar-refractivity contribution in [2.45, 2.75) is 12.3 Å². The summed E-state index contributed by atoms with van der Waals surface area (Å²) in [7, 11) is 0. The van der Waals surface area contributed by atoms with Crippen LogP contribution >= 0.6 is 35.4 Å². The van der Waals surface area contributed by atoms with E-state index in [0.717, 1.165) is 18.2 Å². The minimum atomic E-state index is -4.42. The van der Waals surface area contributed by atoms with Crippen LogP contribution in [0.1, 0.15) is 0 Å². The first-order chi connectivity index (χ1) is 13.5. The number of thiocarbonyl (C=S) groups is 1. The van der Waals surface area contributed by atoms with Crippen LogP contribution in [-0.4, -0.2) is 29.0 Å². The van der Waals surface area contributed by atoms with E-state index in [9.17, 15) is 27.7 Å². The number of non-ortho nitro benzene ring substituents is 1. The Morgan fingerprint density at radius 1 is 1.21 bits per heavy atom. The van der Waals surface area contributed by atoms with Gasteiger partial charge in [-0.3, -0.25) is 10.1 Å². The van der Waals surface area contributed by atoms with Gasteiger partial charge in [0.1, 0.15) is 5.75 Å². The monoisotopic (exact) mass is 471 g/mol.